The Morgan fingerprint density at radius 1 is 1.29 bits per heavy atom. The largest absolute Gasteiger partial charge is 0.333 e. The van der Waals surface area contributed by atoms with Crippen LogP contribution in [-0.4, -0.2) is 19.6 Å². The first-order valence-corrected chi connectivity index (χ1v) is 6.66. The van der Waals surface area contributed by atoms with Crippen LogP contribution >= 0.6 is 12.4 Å². The third kappa shape index (κ3) is 4.50. The molecule has 0 aromatic carbocycles. The van der Waals surface area contributed by atoms with E-state index < -0.39 is 6.55 Å². The van der Waals surface area contributed by atoms with E-state index in [0.717, 1.165) is 29.0 Å². The summed E-state index contributed by atoms with van der Waals surface area (Å²) >= 11 is 0. The lowest BCUT2D eigenvalue weighted by molar-refractivity contribution is 0.0531. The number of nitrogens with zero attached hydrogens (tertiary/aromatic N) is 4. The minimum absolute atomic E-state index is 0. The molecule has 118 valence electrons. The lowest BCUT2D eigenvalue weighted by Gasteiger charge is -2.09. The Balaban J connectivity index is 0.00000220. The topological polar surface area (TPSA) is 47.7 Å². The molecular formula is C13H20ClF2N5. The number of halogens is 3. The van der Waals surface area contributed by atoms with Gasteiger partial charge >= 0.3 is 6.55 Å². The van der Waals surface area contributed by atoms with Crippen LogP contribution in [0.2, 0.25) is 0 Å². The molecule has 2 aromatic heterocycles. The van der Waals surface area contributed by atoms with Crippen molar-refractivity contribution in [2.75, 3.05) is 0 Å². The second-order valence-corrected chi connectivity index (χ2v) is 4.65. The molecule has 2 aromatic rings. The summed E-state index contributed by atoms with van der Waals surface area (Å²) in [6, 6.07) is 3.60. The molecule has 0 saturated heterocycles. The molecule has 1 N–H and O–H groups in total. The van der Waals surface area contributed by atoms with Crippen LogP contribution in [0.15, 0.2) is 18.3 Å². The van der Waals surface area contributed by atoms with Crippen molar-refractivity contribution in [1.29, 1.82) is 0 Å². The average Bonchev–Trinajstić information content (AvgIpc) is 2.97. The Bertz CT molecular complexity index is 553. The summed E-state index contributed by atoms with van der Waals surface area (Å²) in [6.45, 7) is 3.24. The van der Waals surface area contributed by atoms with E-state index in [1.54, 1.807) is 6.07 Å². The lowest BCUT2D eigenvalue weighted by Crippen LogP contribution is -2.19. The molecule has 0 amide bonds. The average molecular weight is 320 g/mol. The quantitative estimate of drug-likeness (QED) is 0.853. The summed E-state index contributed by atoms with van der Waals surface area (Å²) in [5, 5.41) is 11.2. The third-order valence-electron chi connectivity index (χ3n) is 2.97. The Morgan fingerprint density at radius 3 is 2.67 bits per heavy atom. The van der Waals surface area contributed by atoms with Crippen molar-refractivity contribution in [3.63, 3.8) is 0 Å². The molecule has 0 aliphatic carbocycles. The minimum atomic E-state index is -2.60. The summed E-state index contributed by atoms with van der Waals surface area (Å²) < 4.78 is 27.9. The van der Waals surface area contributed by atoms with E-state index in [1.165, 1.54) is 6.20 Å². The van der Waals surface area contributed by atoms with Gasteiger partial charge in [-0.2, -0.15) is 19.0 Å². The first-order valence-electron chi connectivity index (χ1n) is 6.66. The third-order valence-corrected chi connectivity index (χ3v) is 2.97. The molecule has 2 rings (SSSR count). The van der Waals surface area contributed by atoms with Gasteiger partial charge in [-0.25, -0.2) is 4.68 Å². The highest BCUT2D eigenvalue weighted by Crippen LogP contribution is 2.12. The van der Waals surface area contributed by atoms with Crippen LogP contribution in [0.3, 0.4) is 0 Å². The molecule has 0 aliphatic rings. The molecule has 0 radical (unpaired) electrons. The van der Waals surface area contributed by atoms with Crippen molar-refractivity contribution in [2.45, 2.75) is 46.5 Å². The van der Waals surface area contributed by atoms with Gasteiger partial charge in [0.05, 0.1) is 17.1 Å². The zero-order valence-corrected chi connectivity index (χ0v) is 12.9. The number of rotatable bonds is 7. The van der Waals surface area contributed by atoms with Crippen LogP contribution in [0.25, 0.3) is 0 Å². The Labute approximate surface area is 128 Å². The molecule has 0 unspecified atom stereocenters. The van der Waals surface area contributed by atoms with Gasteiger partial charge in [-0.15, -0.1) is 12.4 Å². The number of aryl methyl sites for hydroxylation is 2. The van der Waals surface area contributed by atoms with Crippen molar-refractivity contribution in [2.24, 2.45) is 0 Å². The van der Waals surface area contributed by atoms with Crippen molar-refractivity contribution >= 4 is 12.4 Å². The zero-order valence-electron chi connectivity index (χ0n) is 12.1. The fourth-order valence-electron chi connectivity index (χ4n) is 2.12. The smallest absolute Gasteiger partial charge is 0.306 e. The zero-order chi connectivity index (χ0) is 14.5. The number of hydrogen-bond acceptors (Lipinski definition) is 3. The Kier molecular flexibility index (Phi) is 6.77. The highest BCUT2D eigenvalue weighted by atomic mass is 35.5. The molecule has 0 saturated carbocycles. The molecule has 0 fully saturated rings. The first kappa shape index (κ1) is 17.6. The SMILES string of the molecule is CCCn1nc(C)cc1CNCc1ccnn1C(F)F.Cl. The Morgan fingerprint density at radius 2 is 2.00 bits per heavy atom. The van der Waals surface area contributed by atoms with Crippen LogP contribution in [0.4, 0.5) is 8.78 Å². The molecule has 8 heteroatoms. The number of nitrogens with one attached hydrogen (secondary N) is 1. The summed E-state index contributed by atoms with van der Waals surface area (Å²) in [7, 11) is 0. The maximum absolute atomic E-state index is 12.6. The predicted molar refractivity (Wildman–Crippen MR) is 78.5 cm³/mol. The molecule has 0 bridgehead atoms. The highest BCUT2D eigenvalue weighted by Gasteiger charge is 2.11. The molecule has 2 heterocycles. The van der Waals surface area contributed by atoms with E-state index in [1.807, 2.05) is 17.7 Å². The van der Waals surface area contributed by atoms with Crippen molar-refractivity contribution in [1.82, 2.24) is 24.9 Å². The molecule has 0 aliphatic heterocycles. The minimum Gasteiger partial charge on any atom is -0.306 e. The highest BCUT2D eigenvalue weighted by molar-refractivity contribution is 5.85. The summed E-state index contributed by atoms with van der Waals surface area (Å²) in [5.74, 6) is 0. The molecule has 0 spiro atoms. The summed E-state index contributed by atoms with van der Waals surface area (Å²) in [4.78, 5) is 0. The maximum Gasteiger partial charge on any atom is 0.333 e. The van der Waals surface area contributed by atoms with E-state index in [0.29, 0.717) is 18.8 Å². The van der Waals surface area contributed by atoms with E-state index in [9.17, 15) is 8.78 Å². The van der Waals surface area contributed by atoms with Crippen molar-refractivity contribution < 1.29 is 8.78 Å². The van der Waals surface area contributed by atoms with E-state index >= 15 is 0 Å². The fraction of sp³-hybridized carbons (Fsp3) is 0.538. The van der Waals surface area contributed by atoms with Crippen molar-refractivity contribution in [3.8, 4) is 0 Å². The van der Waals surface area contributed by atoms with Gasteiger partial charge in [0.2, 0.25) is 0 Å². The fourth-order valence-corrected chi connectivity index (χ4v) is 2.12. The summed E-state index contributed by atoms with van der Waals surface area (Å²) in [5.41, 5.74) is 2.50. The molecule has 21 heavy (non-hydrogen) atoms. The van der Waals surface area contributed by atoms with Gasteiger partial charge in [-0.1, -0.05) is 6.92 Å². The van der Waals surface area contributed by atoms with Crippen LogP contribution in [0, 0.1) is 6.92 Å². The lowest BCUT2D eigenvalue weighted by atomic mass is 10.3. The second kappa shape index (κ2) is 8.09. The number of aromatic nitrogens is 4. The maximum atomic E-state index is 12.6. The van der Waals surface area contributed by atoms with Gasteiger partial charge in [0.25, 0.3) is 0 Å². The van der Waals surface area contributed by atoms with Gasteiger partial charge in [0.1, 0.15) is 0 Å². The monoisotopic (exact) mass is 319 g/mol. The van der Waals surface area contributed by atoms with Gasteiger partial charge in [-0.3, -0.25) is 4.68 Å². The van der Waals surface area contributed by atoms with Crippen LogP contribution in [-0.2, 0) is 19.6 Å². The molecular weight excluding hydrogens is 300 g/mol. The number of alkyl halides is 2. The first-order chi connectivity index (χ1) is 9.61. The molecule has 5 nitrogen and oxygen atoms in total. The van der Waals surface area contributed by atoms with Gasteiger partial charge in [0, 0.05) is 25.8 Å². The second-order valence-electron chi connectivity index (χ2n) is 4.65. The van der Waals surface area contributed by atoms with Gasteiger partial charge in [0.15, 0.2) is 0 Å². The molecule has 0 atom stereocenters. The van der Waals surface area contributed by atoms with Crippen LogP contribution in [0.5, 0.6) is 0 Å². The van der Waals surface area contributed by atoms with Gasteiger partial charge < -0.3 is 5.32 Å². The Hall–Kier alpha value is -1.47. The van der Waals surface area contributed by atoms with Crippen LogP contribution < -0.4 is 5.32 Å². The summed E-state index contributed by atoms with van der Waals surface area (Å²) in [6.07, 6.45) is 2.39. The van der Waals surface area contributed by atoms with E-state index in [2.05, 4.69) is 22.4 Å². The number of hydrogen-bond donors (Lipinski definition) is 1. The normalized spacial score (nSPS) is 10.9. The van der Waals surface area contributed by atoms with Gasteiger partial charge in [-0.05, 0) is 25.5 Å². The standard InChI is InChI=1S/C13H19F2N5.ClH/c1-3-6-19-12(7-10(2)18-19)9-16-8-11-4-5-17-20(11)13(14)15;/h4-5,7,13,16H,3,6,8-9H2,1-2H3;1H. The van der Waals surface area contributed by atoms with Crippen molar-refractivity contribution in [3.05, 3.63) is 35.4 Å². The van der Waals surface area contributed by atoms with E-state index in [4.69, 9.17) is 0 Å². The predicted octanol–water partition coefficient (Wildman–Crippen LogP) is 2.90. The van der Waals surface area contributed by atoms with Crippen LogP contribution in [0.1, 0.15) is 37.0 Å². The van der Waals surface area contributed by atoms with E-state index in [-0.39, 0.29) is 12.4 Å².